The second kappa shape index (κ2) is 12.6. The van der Waals surface area contributed by atoms with Crippen LogP contribution in [0.2, 0.25) is 0 Å². The molecule has 3 unspecified atom stereocenters. The quantitative estimate of drug-likeness (QED) is 0.338. The smallest absolute Gasteiger partial charge is 0.329 e. The van der Waals surface area contributed by atoms with Crippen LogP contribution in [-0.2, 0) is 23.7 Å². The Morgan fingerprint density at radius 2 is 1.97 bits per heavy atom. The zero-order valence-corrected chi connectivity index (χ0v) is 20.1. The first-order chi connectivity index (χ1) is 16.6. The molecule has 1 N–H and O–H groups in total. The summed E-state index contributed by atoms with van der Waals surface area (Å²) in [5, 5.41) is 8.68. The van der Waals surface area contributed by atoms with E-state index in [4.69, 9.17) is 24.1 Å². The Balaban J connectivity index is 1.41. The molecule has 0 aromatic heterocycles. The number of benzene rings is 1. The SMILES string of the molecule is CC(c1ccccc1)C(C=C[C@@H]1[C@H](CC=CCOCC(=O)O)[C@@H]2CC[C@H]1O2)OC1CCCCO1. The van der Waals surface area contributed by atoms with Crippen LogP contribution in [0.4, 0.5) is 0 Å². The average Bonchev–Trinajstić information content (AvgIpc) is 3.46. The fourth-order valence-electron chi connectivity index (χ4n) is 5.43. The number of allylic oxidation sites excluding steroid dienone is 1. The van der Waals surface area contributed by atoms with E-state index in [1.165, 1.54) is 5.56 Å². The fraction of sp³-hybridized carbons (Fsp3) is 0.607. The van der Waals surface area contributed by atoms with E-state index in [-0.39, 0.29) is 37.1 Å². The number of hydrogen-bond donors (Lipinski definition) is 1. The third-order valence-corrected chi connectivity index (χ3v) is 7.29. The molecule has 7 atom stereocenters. The maximum absolute atomic E-state index is 10.6. The van der Waals surface area contributed by atoms with Crippen molar-refractivity contribution in [3.63, 3.8) is 0 Å². The molecule has 34 heavy (non-hydrogen) atoms. The first kappa shape index (κ1) is 25.1. The van der Waals surface area contributed by atoms with Gasteiger partial charge in [0.2, 0.25) is 0 Å². The highest BCUT2D eigenvalue weighted by Crippen LogP contribution is 2.46. The molecular weight excluding hydrogens is 432 g/mol. The van der Waals surface area contributed by atoms with Crippen molar-refractivity contribution >= 4 is 5.97 Å². The van der Waals surface area contributed by atoms with Gasteiger partial charge < -0.3 is 24.1 Å². The van der Waals surface area contributed by atoms with E-state index in [0.29, 0.717) is 18.4 Å². The molecule has 0 aliphatic carbocycles. The molecule has 6 nitrogen and oxygen atoms in total. The monoisotopic (exact) mass is 470 g/mol. The summed E-state index contributed by atoms with van der Waals surface area (Å²) < 4.78 is 23.8. The number of fused-ring (bicyclic) bond motifs is 2. The summed E-state index contributed by atoms with van der Waals surface area (Å²) in [5.41, 5.74) is 1.26. The van der Waals surface area contributed by atoms with Crippen LogP contribution in [0.1, 0.15) is 56.9 Å². The third-order valence-electron chi connectivity index (χ3n) is 7.29. The van der Waals surface area contributed by atoms with Gasteiger partial charge in [-0.1, -0.05) is 61.6 Å². The van der Waals surface area contributed by atoms with Crippen LogP contribution in [0.25, 0.3) is 0 Å². The van der Waals surface area contributed by atoms with Crippen LogP contribution in [0, 0.1) is 11.8 Å². The molecule has 3 fully saturated rings. The van der Waals surface area contributed by atoms with Gasteiger partial charge in [-0.2, -0.15) is 0 Å². The van der Waals surface area contributed by atoms with Crippen molar-refractivity contribution in [1.29, 1.82) is 0 Å². The fourth-order valence-corrected chi connectivity index (χ4v) is 5.43. The lowest BCUT2D eigenvalue weighted by molar-refractivity contribution is -0.181. The van der Waals surface area contributed by atoms with Crippen LogP contribution in [-0.4, -0.2) is 55.5 Å². The van der Waals surface area contributed by atoms with Gasteiger partial charge in [-0.3, -0.25) is 0 Å². The summed E-state index contributed by atoms with van der Waals surface area (Å²) in [5.74, 6) is 0.0430. The van der Waals surface area contributed by atoms with Crippen molar-refractivity contribution in [3.05, 3.63) is 60.2 Å². The van der Waals surface area contributed by atoms with Crippen molar-refractivity contribution in [2.45, 2.75) is 76.0 Å². The number of carboxylic acid groups (broad SMARTS) is 1. The number of rotatable bonds is 12. The Kier molecular flexibility index (Phi) is 9.33. The molecule has 3 heterocycles. The molecule has 1 aromatic carbocycles. The van der Waals surface area contributed by atoms with Gasteiger partial charge in [-0.05, 0) is 50.0 Å². The zero-order chi connectivity index (χ0) is 23.8. The van der Waals surface area contributed by atoms with Crippen molar-refractivity contribution in [2.75, 3.05) is 19.8 Å². The van der Waals surface area contributed by atoms with E-state index in [9.17, 15) is 4.79 Å². The van der Waals surface area contributed by atoms with Crippen LogP contribution >= 0.6 is 0 Å². The van der Waals surface area contributed by atoms with Crippen molar-refractivity contribution in [3.8, 4) is 0 Å². The van der Waals surface area contributed by atoms with Crippen molar-refractivity contribution < 1.29 is 28.8 Å². The minimum absolute atomic E-state index is 0.0646. The summed E-state index contributed by atoms with van der Waals surface area (Å²) in [6, 6.07) is 10.5. The van der Waals surface area contributed by atoms with E-state index in [2.05, 4.69) is 49.4 Å². The van der Waals surface area contributed by atoms with Gasteiger partial charge in [0, 0.05) is 18.4 Å². The highest BCUT2D eigenvalue weighted by atomic mass is 16.7. The van der Waals surface area contributed by atoms with Crippen LogP contribution in [0.5, 0.6) is 0 Å². The predicted octanol–water partition coefficient (Wildman–Crippen LogP) is 5.10. The predicted molar refractivity (Wildman–Crippen MR) is 130 cm³/mol. The molecular formula is C28H38O6. The summed E-state index contributed by atoms with van der Waals surface area (Å²) in [6.07, 6.45) is 15.3. The van der Waals surface area contributed by atoms with Crippen LogP contribution < -0.4 is 0 Å². The topological polar surface area (TPSA) is 74.2 Å². The van der Waals surface area contributed by atoms with Gasteiger partial charge in [0.1, 0.15) is 6.61 Å². The Bertz CT molecular complexity index is 815. The highest BCUT2D eigenvalue weighted by molar-refractivity contribution is 5.68. The second-order valence-electron chi connectivity index (χ2n) is 9.63. The van der Waals surface area contributed by atoms with Gasteiger partial charge in [-0.15, -0.1) is 0 Å². The van der Waals surface area contributed by atoms with Crippen LogP contribution in [0.3, 0.4) is 0 Å². The van der Waals surface area contributed by atoms with Crippen LogP contribution in [0.15, 0.2) is 54.6 Å². The Morgan fingerprint density at radius 1 is 1.15 bits per heavy atom. The lowest BCUT2D eigenvalue weighted by Gasteiger charge is -2.30. The van der Waals surface area contributed by atoms with E-state index >= 15 is 0 Å². The molecule has 6 heteroatoms. The molecule has 2 bridgehead atoms. The maximum atomic E-state index is 10.6. The van der Waals surface area contributed by atoms with E-state index < -0.39 is 5.97 Å². The summed E-state index contributed by atoms with van der Waals surface area (Å²) >= 11 is 0. The number of ether oxygens (including phenoxy) is 4. The zero-order valence-electron chi connectivity index (χ0n) is 20.1. The number of carboxylic acids is 1. The molecule has 3 aliphatic heterocycles. The highest BCUT2D eigenvalue weighted by Gasteiger charge is 2.47. The van der Waals surface area contributed by atoms with Gasteiger partial charge in [-0.25, -0.2) is 4.79 Å². The first-order valence-corrected chi connectivity index (χ1v) is 12.7. The van der Waals surface area contributed by atoms with Gasteiger partial charge >= 0.3 is 5.97 Å². The third kappa shape index (κ3) is 6.79. The lowest BCUT2D eigenvalue weighted by atomic mass is 9.77. The molecule has 186 valence electrons. The minimum Gasteiger partial charge on any atom is -0.480 e. The summed E-state index contributed by atoms with van der Waals surface area (Å²) in [7, 11) is 0. The van der Waals surface area contributed by atoms with Gasteiger partial charge in [0.15, 0.2) is 6.29 Å². The molecule has 0 amide bonds. The molecule has 0 saturated carbocycles. The molecule has 1 aromatic rings. The average molecular weight is 471 g/mol. The maximum Gasteiger partial charge on any atom is 0.329 e. The Hall–Kier alpha value is -1.99. The Morgan fingerprint density at radius 3 is 2.74 bits per heavy atom. The van der Waals surface area contributed by atoms with Crippen molar-refractivity contribution in [1.82, 2.24) is 0 Å². The largest absolute Gasteiger partial charge is 0.480 e. The van der Waals surface area contributed by atoms with Gasteiger partial charge in [0.25, 0.3) is 0 Å². The molecule has 4 rings (SSSR count). The first-order valence-electron chi connectivity index (χ1n) is 12.7. The number of hydrogen-bond acceptors (Lipinski definition) is 5. The molecule has 3 saturated heterocycles. The van der Waals surface area contributed by atoms with E-state index in [1.807, 2.05) is 12.1 Å². The normalized spacial score (nSPS) is 30.8. The number of aliphatic carboxylic acids is 1. The molecule has 0 spiro atoms. The van der Waals surface area contributed by atoms with E-state index in [0.717, 1.165) is 45.1 Å². The number of carbonyl (C=O) groups is 1. The molecule has 3 aliphatic rings. The molecule has 0 radical (unpaired) electrons. The second-order valence-corrected chi connectivity index (χ2v) is 9.63. The Labute approximate surface area is 202 Å². The standard InChI is InChI=1S/C28H38O6/c1-20(21-9-3-2-4-10-21)24(34-28-12-6-8-18-32-28)14-13-23-22(25-15-16-26(23)33-25)11-5-7-17-31-19-27(29)30/h2-5,7,9-10,13-14,20,22-26,28H,6,8,11-12,15-19H2,1H3,(H,29,30)/t20?,22-,23+,24?,25-,26+,28?/m0/s1. The minimum atomic E-state index is -0.944. The summed E-state index contributed by atoms with van der Waals surface area (Å²) in [4.78, 5) is 10.6. The lowest BCUT2D eigenvalue weighted by Crippen LogP contribution is -2.30. The van der Waals surface area contributed by atoms with E-state index in [1.54, 1.807) is 0 Å². The van der Waals surface area contributed by atoms with Gasteiger partial charge in [0.05, 0.1) is 24.9 Å². The van der Waals surface area contributed by atoms with Crippen molar-refractivity contribution in [2.24, 2.45) is 11.8 Å². The summed E-state index contributed by atoms with van der Waals surface area (Å²) in [6.45, 7) is 3.05.